The zero-order valence-corrected chi connectivity index (χ0v) is 14.8. The van der Waals surface area contributed by atoms with E-state index >= 15 is 0 Å². The van der Waals surface area contributed by atoms with E-state index in [1.807, 2.05) is 43.3 Å². The van der Waals surface area contributed by atoms with Crippen molar-refractivity contribution < 1.29 is 19.2 Å². The van der Waals surface area contributed by atoms with E-state index < -0.39 is 23.7 Å². The number of ether oxygens (including phenoxy) is 1. The molecular weight excluding hydrogens is 330 g/mol. The molecule has 0 amide bonds. The molecule has 26 heavy (non-hydrogen) atoms. The third-order valence-corrected chi connectivity index (χ3v) is 4.28. The number of carbonyl (C=O) groups is 2. The fraction of sp³-hybridized carbons (Fsp3) is 0.238. The van der Waals surface area contributed by atoms with Crippen molar-refractivity contribution in [3.05, 3.63) is 83.9 Å². The van der Waals surface area contributed by atoms with Crippen LogP contribution < -0.4 is 0 Å². The zero-order valence-electron chi connectivity index (χ0n) is 14.8. The van der Waals surface area contributed by atoms with Gasteiger partial charge in [0, 0.05) is 12.0 Å². The largest absolute Gasteiger partial charge is 0.437 e. The Labute approximate surface area is 152 Å². The lowest BCUT2D eigenvalue weighted by Crippen LogP contribution is -2.47. The van der Waals surface area contributed by atoms with Crippen LogP contribution >= 0.6 is 0 Å². The second kappa shape index (κ2) is 7.14. The van der Waals surface area contributed by atoms with Gasteiger partial charge in [-0.1, -0.05) is 59.2 Å². The monoisotopic (exact) mass is 351 g/mol. The SMILES string of the molecule is C=C(C)C[C@@]1(C)C(=O)O[C@H](c2ccccc2)N1OC(=O)c1ccccc1. The minimum atomic E-state index is -1.14. The van der Waals surface area contributed by atoms with Crippen LogP contribution in [0, 0.1) is 0 Å². The van der Waals surface area contributed by atoms with Crippen molar-refractivity contribution in [2.75, 3.05) is 0 Å². The Kier molecular flexibility index (Phi) is 4.91. The number of nitrogens with zero attached hydrogens (tertiary/aromatic N) is 1. The molecule has 0 aromatic heterocycles. The average molecular weight is 351 g/mol. The molecule has 0 unspecified atom stereocenters. The molecule has 5 nitrogen and oxygen atoms in total. The van der Waals surface area contributed by atoms with Gasteiger partial charge in [0.1, 0.15) is 0 Å². The molecule has 2 aromatic carbocycles. The Morgan fingerprint density at radius 3 is 2.31 bits per heavy atom. The van der Waals surface area contributed by atoms with Crippen LogP contribution in [-0.4, -0.2) is 22.5 Å². The van der Waals surface area contributed by atoms with Crippen LogP contribution in [0.3, 0.4) is 0 Å². The van der Waals surface area contributed by atoms with Crippen molar-refractivity contribution in [1.82, 2.24) is 5.06 Å². The standard InChI is InChI=1S/C21H21NO4/c1-15(2)14-21(3)20(24)25-18(16-10-6-4-7-11-16)22(21)26-19(23)17-12-8-5-9-13-17/h4-13,18H,1,14H2,2-3H3/t18-,21+/m1/s1. The molecule has 5 heteroatoms. The van der Waals surface area contributed by atoms with E-state index in [-0.39, 0.29) is 0 Å². The minimum Gasteiger partial charge on any atom is -0.437 e. The van der Waals surface area contributed by atoms with Gasteiger partial charge in [-0.05, 0) is 26.0 Å². The van der Waals surface area contributed by atoms with Gasteiger partial charge in [-0.25, -0.2) is 9.59 Å². The third kappa shape index (κ3) is 3.39. The molecule has 0 spiro atoms. The normalized spacial score (nSPS) is 22.7. The highest BCUT2D eigenvalue weighted by molar-refractivity contribution is 5.90. The maximum Gasteiger partial charge on any atom is 0.357 e. The lowest BCUT2D eigenvalue weighted by atomic mass is 9.94. The molecule has 3 rings (SSSR count). The summed E-state index contributed by atoms with van der Waals surface area (Å²) in [6.45, 7) is 7.42. The quantitative estimate of drug-likeness (QED) is 0.601. The summed E-state index contributed by atoms with van der Waals surface area (Å²) in [5, 5.41) is 1.36. The maximum absolute atomic E-state index is 12.6. The molecule has 1 aliphatic heterocycles. The molecule has 0 N–H and O–H groups in total. The number of rotatable bonds is 5. The molecule has 0 saturated carbocycles. The molecule has 1 saturated heterocycles. The lowest BCUT2D eigenvalue weighted by molar-refractivity contribution is -0.199. The highest BCUT2D eigenvalue weighted by Gasteiger charge is 2.55. The predicted molar refractivity (Wildman–Crippen MR) is 96.8 cm³/mol. The highest BCUT2D eigenvalue weighted by atomic mass is 16.8. The molecule has 0 bridgehead atoms. The fourth-order valence-electron chi connectivity index (χ4n) is 3.05. The lowest BCUT2D eigenvalue weighted by Gasteiger charge is -2.31. The van der Waals surface area contributed by atoms with E-state index in [0.29, 0.717) is 12.0 Å². The van der Waals surface area contributed by atoms with Crippen molar-refractivity contribution in [1.29, 1.82) is 0 Å². The predicted octanol–water partition coefficient (Wildman–Crippen LogP) is 4.04. The topological polar surface area (TPSA) is 55.8 Å². The number of benzene rings is 2. The van der Waals surface area contributed by atoms with Gasteiger partial charge < -0.3 is 9.57 Å². The molecule has 1 fully saturated rings. The van der Waals surface area contributed by atoms with Crippen molar-refractivity contribution in [2.24, 2.45) is 0 Å². The van der Waals surface area contributed by atoms with Crippen LogP contribution in [0.5, 0.6) is 0 Å². The van der Waals surface area contributed by atoms with Gasteiger partial charge in [0.25, 0.3) is 0 Å². The summed E-state index contributed by atoms with van der Waals surface area (Å²) in [4.78, 5) is 30.9. The fourth-order valence-corrected chi connectivity index (χ4v) is 3.05. The van der Waals surface area contributed by atoms with Crippen LogP contribution in [0.4, 0.5) is 0 Å². The van der Waals surface area contributed by atoms with Gasteiger partial charge in [-0.15, -0.1) is 6.58 Å². The van der Waals surface area contributed by atoms with Gasteiger partial charge in [0.15, 0.2) is 5.54 Å². The van der Waals surface area contributed by atoms with Crippen molar-refractivity contribution in [3.8, 4) is 0 Å². The average Bonchev–Trinajstić information content (AvgIpc) is 2.87. The van der Waals surface area contributed by atoms with E-state index in [2.05, 4.69) is 6.58 Å². The first-order chi connectivity index (χ1) is 12.4. The molecule has 2 atom stereocenters. The summed E-state index contributed by atoms with van der Waals surface area (Å²) in [6.07, 6.45) is -0.488. The van der Waals surface area contributed by atoms with Crippen molar-refractivity contribution in [2.45, 2.75) is 32.0 Å². The molecule has 1 aliphatic rings. The second-order valence-corrected chi connectivity index (χ2v) is 6.65. The molecule has 0 radical (unpaired) electrons. The Bertz CT molecular complexity index is 818. The summed E-state index contributed by atoms with van der Waals surface area (Å²) < 4.78 is 5.58. The number of carbonyl (C=O) groups excluding carboxylic acids is 2. The molecule has 1 heterocycles. The zero-order chi connectivity index (χ0) is 18.7. The Balaban J connectivity index is 1.96. The first kappa shape index (κ1) is 17.9. The molecule has 0 aliphatic carbocycles. The number of esters is 1. The molecule has 134 valence electrons. The van der Waals surface area contributed by atoms with E-state index in [1.54, 1.807) is 31.2 Å². The summed E-state index contributed by atoms with van der Waals surface area (Å²) in [7, 11) is 0. The summed E-state index contributed by atoms with van der Waals surface area (Å²) >= 11 is 0. The first-order valence-corrected chi connectivity index (χ1v) is 8.39. The van der Waals surface area contributed by atoms with Crippen molar-refractivity contribution in [3.63, 3.8) is 0 Å². The summed E-state index contributed by atoms with van der Waals surface area (Å²) in [5.41, 5.74) is 0.777. The van der Waals surface area contributed by atoms with Gasteiger partial charge >= 0.3 is 11.9 Å². The van der Waals surface area contributed by atoms with E-state index in [1.165, 1.54) is 5.06 Å². The van der Waals surface area contributed by atoms with E-state index in [9.17, 15) is 9.59 Å². The summed E-state index contributed by atoms with van der Waals surface area (Å²) in [6, 6.07) is 17.9. The van der Waals surface area contributed by atoms with Crippen molar-refractivity contribution >= 4 is 11.9 Å². The summed E-state index contributed by atoms with van der Waals surface area (Å²) in [5.74, 6) is -0.993. The Morgan fingerprint density at radius 2 is 1.73 bits per heavy atom. The number of cyclic esters (lactones) is 1. The van der Waals surface area contributed by atoms with Crippen LogP contribution in [0.25, 0.3) is 0 Å². The van der Waals surface area contributed by atoms with Gasteiger partial charge in [-0.3, -0.25) is 0 Å². The van der Waals surface area contributed by atoms with Gasteiger partial charge in [0.05, 0.1) is 5.56 Å². The van der Waals surface area contributed by atoms with Crippen LogP contribution in [-0.2, 0) is 14.4 Å². The Hall–Kier alpha value is -2.92. The number of hydrogen-bond donors (Lipinski definition) is 0. The highest BCUT2D eigenvalue weighted by Crippen LogP contribution is 2.41. The number of hydrogen-bond acceptors (Lipinski definition) is 5. The third-order valence-electron chi connectivity index (χ3n) is 4.28. The number of hydroxylamine groups is 2. The maximum atomic E-state index is 12.6. The molecular formula is C21H21NO4. The molecule has 2 aromatic rings. The van der Waals surface area contributed by atoms with Crippen LogP contribution in [0.2, 0.25) is 0 Å². The Morgan fingerprint density at radius 1 is 1.15 bits per heavy atom. The van der Waals surface area contributed by atoms with Gasteiger partial charge in [-0.2, -0.15) is 0 Å². The first-order valence-electron chi connectivity index (χ1n) is 8.39. The minimum absolute atomic E-state index is 0.317. The second-order valence-electron chi connectivity index (χ2n) is 6.65. The van der Waals surface area contributed by atoms with Gasteiger partial charge in [0.2, 0.25) is 6.23 Å². The van der Waals surface area contributed by atoms with E-state index in [0.717, 1.165) is 11.1 Å². The van der Waals surface area contributed by atoms with Crippen LogP contribution in [0.1, 0.15) is 42.4 Å². The smallest absolute Gasteiger partial charge is 0.357 e. The van der Waals surface area contributed by atoms with Crippen LogP contribution in [0.15, 0.2) is 72.8 Å². The van der Waals surface area contributed by atoms with E-state index in [4.69, 9.17) is 9.57 Å².